The van der Waals surface area contributed by atoms with Crippen LogP contribution in [-0.4, -0.2) is 17.0 Å². The van der Waals surface area contributed by atoms with E-state index in [1.165, 1.54) is 17.0 Å². The monoisotopic (exact) mass is 236 g/mol. The molecule has 0 spiro atoms. The second-order valence-electron chi connectivity index (χ2n) is 4.66. The molecule has 0 fully saturated rings. The van der Waals surface area contributed by atoms with Crippen LogP contribution >= 0.6 is 0 Å². The van der Waals surface area contributed by atoms with E-state index in [0.717, 1.165) is 25.8 Å². The van der Waals surface area contributed by atoms with Gasteiger partial charge in [-0.3, -0.25) is 4.79 Å². The second kappa shape index (κ2) is 6.48. The van der Waals surface area contributed by atoms with Gasteiger partial charge in [0.2, 0.25) is 5.91 Å². The van der Waals surface area contributed by atoms with E-state index >= 15 is 0 Å². The highest BCUT2D eigenvalue weighted by Crippen LogP contribution is 2.13. The predicted molar refractivity (Wildman–Crippen MR) is 71.1 cm³/mol. The molecule has 0 aliphatic rings. The topological polar surface area (TPSA) is 34.0 Å². The first-order valence-corrected chi connectivity index (χ1v) is 6.44. The van der Waals surface area contributed by atoms with Crippen molar-refractivity contribution >= 4 is 5.91 Å². The van der Waals surface area contributed by atoms with E-state index in [1.54, 1.807) is 0 Å². The van der Waals surface area contributed by atoms with E-state index in [4.69, 9.17) is 0 Å². The number of nitrogens with one attached hydrogen (secondary N) is 1. The molecule has 0 saturated carbocycles. The van der Waals surface area contributed by atoms with E-state index in [9.17, 15) is 4.79 Å². The summed E-state index contributed by atoms with van der Waals surface area (Å²) in [5, 5.41) is 2.97. The van der Waals surface area contributed by atoms with Gasteiger partial charge >= 0.3 is 0 Å². The molecule has 1 rings (SSSR count). The van der Waals surface area contributed by atoms with Crippen molar-refractivity contribution in [2.75, 3.05) is 6.54 Å². The zero-order valence-corrected chi connectivity index (χ0v) is 11.5. The smallest absolute Gasteiger partial charge is 0.220 e. The number of nitrogens with zero attached hydrogens (tertiary/aromatic N) is 1. The fourth-order valence-corrected chi connectivity index (χ4v) is 1.95. The van der Waals surface area contributed by atoms with Crippen LogP contribution in [0.3, 0.4) is 0 Å². The summed E-state index contributed by atoms with van der Waals surface area (Å²) in [6.07, 6.45) is 3.63. The van der Waals surface area contributed by atoms with Crippen molar-refractivity contribution in [1.29, 1.82) is 0 Å². The lowest BCUT2D eigenvalue weighted by atomic mass is 10.2. The largest absolute Gasteiger partial charge is 0.356 e. The normalized spacial score (nSPS) is 10.6. The average Bonchev–Trinajstić information content (AvgIpc) is 2.54. The average molecular weight is 236 g/mol. The molecule has 0 aromatic carbocycles. The van der Waals surface area contributed by atoms with Crippen LogP contribution in [0.2, 0.25) is 0 Å². The summed E-state index contributed by atoms with van der Waals surface area (Å²) >= 11 is 0. The maximum absolute atomic E-state index is 11.4. The molecule has 0 atom stereocenters. The Kier molecular flexibility index (Phi) is 5.26. The first-order valence-electron chi connectivity index (χ1n) is 6.44. The van der Waals surface area contributed by atoms with Gasteiger partial charge in [-0.15, -0.1) is 0 Å². The molecule has 1 amide bonds. The summed E-state index contributed by atoms with van der Waals surface area (Å²) in [4.78, 5) is 11.4. The number of hydrogen-bond donors (Lipinski definition) is 1. The third-order valence-electron chi connectivity index (χ3n) is 3.35. The Bertz CT molecular complexity index is 380. The Morgan fingerprint density at radius 2 is 2.12 bits per heavy atom. The number of carbonyl (C=O) groups is 1. The summed E-state index contributed by atoms with van der Waals surface area (Å²) in [6.45, 7) is 7.08. The van der Waals surface area contributed by atoms with Crippen molar-refractivity contribution < 1.29 is 4.79 Å². The van der Waals surface area contributed by atoms with Crippen molar-refractivity contribution in [2.45, 2.75) is 46.5 Å². The Hall–Kier alpha value is -1.25. The number of aromatic nitrogens is 1. The van der Waals surface area contributed by atoms with Crippen LogP contribution in [-0.2, 0) is 18.3 Å². The summed E-state index contributed by atoms with van der Waals surface area (Å²) in [6, 6.07) is 2.20. The Morgan fingerprint density at radius 3 is 2.65 bits per heavy atom. The first kappa shape index (κ1) is 13.8. The van der Waals surface area contributed by atoms with Gasteiger partial charge in [-0.2, -0.15) is 0 Å². The van der Waals surface area contributed by atoms with Crippen molar-refractivity contribution in [2.24, 2.45) is 7.05 Å². The fourth-order valence-electron chi connectivity index (χ4n) is 1.95. The van der Waals surface area contributed by atoms with Crippen LogP contribution < -0.4 is 5.32 Å². The third-order valence-corrected chi connectivity index (χ3v) is 3.35. The first-order chi connectivity index (χ1) is 8.06. The maximum atomic E-state index is 11.4. The number of unbranched alkanes of at least 4 members (excludes halogenated alkanes) is 1. The highest BCUT2D eigenvalue weighted by atomic mass is 16.1. The number of aryl methyl sites for hydroxylation is 1. The molecule has 0 bridgehead atoms. The third kappa shape index (κ3) is 3.91. The molecule has 3 heteroatoms. The lowest BCUT2D eigenvalue weighted by molar-refractivity contribution is -0.121. The van der Waals surface area contributed by atoms with Crippen LogP contribution in [0.5, 0.6) is 0 Å². The van der Waals surface area contributed by atoms with Crippen LogP contribution in [0.25, 0.3) is 0 Å². The SMILES string of the molecule is CCCCC(=O)NCCc1cc(C)n(C)c1C. The molecule has 1 aromatic rings. The van der Waals surface area contributed by atoms with E-state index in [2.05, 4.69) is 43.8 Å². The molecule has 0 saturated heterocycles. The number of carbonyl (C=O) groups excluding carboxylic acids is 1. The molecule has 1 aromatic heterocycles. The molecule has 96 valence electrons. The molecule has 0 unspecified atom stereocenters. The van der Waals surface area contributed by atoms with E-state index in [-0.39, 0.29) is 5.91 Å². The minimum Gasteiger partial charge on any atom is -0.356 e. The van der Waals surface area contributed by atoms with Crippen molar-refractivity contribution in [3.63, 3.8) is 0 Å². The molecular weight excluding hydrogens is 212 g/mol. The minimum absolute atomic E-state index is 0.178. The summed E-state index contributed by atoms with van der Waals surface area (Å²) in [7, 11) is 2.08. The van der Waals surface area contributed by atoms with Gasteiger partial charge < -0.3 is 9.88 Å². The van der Waals surface area contributed by atoms with Gasteiger partial charge in [0.05, 0.1) is 0 Å². The number of amides is 1. The van der Waals surface area contributed by atoms with Gasteiger partial charge in [-0.25, -0.2) is 0 Å². The molecule has 0 aliphatic heterocycles. The van der Waals surface area contributed by atoms with E-state index in [0.29, 0.717) is 6.42 Å². The molecule has 0 radical (unpaired) electrons. The Morgan fingerprint density at radius 1 is 1.41 bits per heavy atom. The quantitative estimate of drug-likeness (QED) is 0.809. The van der Waals surface area contributed by atoms with Crippen LogP contribution in [0.4, 0.5) is 0 Å². The lowest BCUT2D eigenvalue weighted by Crippen LogP contribution is -2.25. The van der Waals surface area contributed by atoms with Crippen molar-refractivity contribution in [3.8, 4) is 0 Å². The zero-order valence-electron chi connectivity index (χ0n) is 11.5. The van der Waals surface area contributed by atoms with Crippen molar-refractivity contribution in [3.05, 3.63) is 23.0 Å². The summed E-state index contributed by atoms with van der Waals surface area (Å²) < 4.78 is 2.19. The lowest BCUT2D eigenvalue weighted by Gasteiger charge is -2.05. The molecule has 3 nitrogen and oxygen atoms in total. The molecule has 1 N–H and O–H groups in total. The number of rotatable bonds is 6. The minimum atomic E-state index is 0.178. The van der Waals surface area contributed by atoms with Gasteiger partial charge in [0, 0.05) is 31.4 Å². The molecule has 17 heavy (non-hydrogen) atoms. The van der Waals surface area contributed by atoms with E-state index < -0.39 is 0 Å². The zero-order chi connectivity index (χ0) is 12.8. The van der Waals surface area contributed by atoms with Gasteiger partial charge in [0.25, 0.3) is 0 Å². The Balaban J connectivity index is 2.36. The standard InChI is InChI=1S/C14H24N2O/c1-5-6-7-14(17)15-9-8-13-10-11(2)16(4)12(13)3/h10H,5-9H2,1-4H3,(H,15,17). The van der Waals surface area contributed by atoms with Crippen LogP contribution in [0.1, 0.15) is 43.1 Å². The van der Waals surface area contributed by atoms with Gasteiger partial charge in [0.1, 0.15) is 0 Å². The Labute approximate surface area is 104 Å². The van der Waals surface area contributed by atoms with Crippen LogP contribution in [0, 0.1) is 13.8 Å². The van der Waals surface area contributed by atoms with E-state index in [1.807, 2.05) is 0 Å². The summed E-state index contributed by atoms with van der Waals surface area (Å²) in [5.74, 6) is 0.178. The molecular formula is C14H24N2O. The van der Waals surface area contributed by atoms with Crippen molar-refractivity contribution in [1.82, 2.24) is 9.88 Å². The predicted octanol–water partition coefficient (Wildman–Crippen LogP) is 2.49. The number of hydrogen-bond acceptors (Lipinski definition) is 1. The van der Waals surface area contributed by atoms with Gasteiger partial charge in [-0.1, -0.05) is 13.3 Å². The highest BCUT2D eigenvalue weighted by Gasteiger charge is 2.06. The summed E-state index contributed by atoms with van der Waals surface area (Å²) in [5.41, 5.74) is 3.90. The fraction of sp³-hybridized carbons (Fsp3) is 0.643. The second-order valence-corrected chi connectivity index (χ2v) is 4.66. The maximum Gasteiger partial charge on any atom is 0.220 e. The highest BCUT2D eigenvalue weighted by molar-refractivity contribution is 5.75. The molecule has 0 aliphatic carbocycles. The van der Waals surface area contributed by atoms with Gasteiger partial charge in [-0.05, 0) is 38.3 Å². The van der Waals surface area contributed by atoms with Crippen LogP contribution in [0.15, 0.2) is 6.07 Å². The van der Waals surface area contributed by atoms with Gasteiger partial charge in [0.15, 0.2) is 0 Å². The molecule has 1 heterocycles.